The molecule has 0 bridgehead atoms. The average Bonchev–Trinajstić information content (AvgIpc) is 2.40. The number of piperidine rings is 1. The molecule has 4 heteroatoms. The van der Waals surface area contributed by atoms with Gasteiger partial charge in [0.1, 0.15) is 0 Å². The van der Waals surface area contributed by atoms with Crippen LogP contribution < -0.4 is 5.32 Å². The van der Waals surface area contributed by atoms with Crippen molar-refractivity contribution >= 4 is 23.2 Å². The molecule has 18 heavy (non-hydrogen) atoms. The Kier molecular flexibility index (Phi) is 5.02. The fourth-order valence-electron chi connectivity index (χ4n) is 2.20. The third-order valence-electron chi connectivity index (χ3n) is 3.23. The van der Waals surface area contributed by atoms with E-state index in [0.717, 1.165) is 25.3 Å². The Morgan fingerprint density at radius 2 is 1.83 bits per heavy atom. The first-order chi connectivity index (χ1) is 8.74. The molecule has 0 spiro atoms. The molecule has 1 saturated heterocycles. The zero-order valence-corrected chi connectivity index (χ0v) is 11.2. The summed E-state index contributed by atoms with van der Waals surface area (Å²) in [5.74, 6) is 0.0721. The summed E-state index contributed by atoms with van der Waals surface area (Å²) in [6.45, 7) is 3.13. The number of halogens is 1. The molecule has 1 heterocycles. The van der Waals surface area contributed by atoms with Crippen LogP contribution in [0.3, 0.4) is 0 Å². The van der Waals surface area contributed by atoms with E-state index in [1.54, 1.807) is 12.1 Å². The summed E-state index contributed by atoms with van der Waals surface area (Å²) in [5, 5.41) is 3.57. The molecule has 1 aromatic rings. The molecule has 1 aliphatic rings. The molecular weight excluding hydrogens is 248 g/mol. The van der Waals surface area contributed by atoms with E-state index >= 15 is 0 Å². The molecule has 1 aromatic carbocycles. The van der Waals surface area contributed by atoms with Crippen LogP contribution in [-0.2, 0) is 4.79 Å². The lowest BCUT2D eigenvalue weighted by molar-refractivity contribution is -0.116. The fourth-order valence-corrected chi connectivity index (χ4v) is 2.33. The third kappa shape index (κ3) is 4.31. The summed E-state index contributed by atoms with van der Waals surface area (Å²) in [7, 11) is 0. The number of carbonyl (C=O) groups is 1. The Bertz CT molecular complexity index is 385. The molecule has 98 valence electrons. The Morgan fingerprint density at radius 3 is 2.50 bits per heavy atom. The number of hydrogen-bond acceptors (Lipinski definition) is 2. The number of anilines is 1. The van der Waals surface area contributed by atoms with Gasteiger partial charge in [-0.3, -0.25) is 4.79 Å². The summed E-state index contributed by atoms with van der Waals surface area (Å²) in [4.78, 5) is 14.1. The first kappa shape index (κ1) is 13.4. The minimum Gasteiger partial charge on any atom is -0.326 e. The number of carbonyl (C=O) groups excluding carboxylic acids is 1. The molecule has 1 aliphatic heterocycles. The van der Waals surface area contributed by atoms with Gasteiger partial charge in [0.05, 0.1) is 0 Å². The number of nitrogens with one attached hydrogen (secondary N) is 1. The van der Waals surface area contributed by atoms with Crippen molar-refractivity contribution in [1.29, 1.82) is 0 Å². The predicted molar refractivity (Wildman–Crippen MR) is 75.0 cm³/mol. The van der Waals surface area contributed by atoms with Crippen LogP contribution in [0.15, 0.2) is 24.3 Å². The molecule has 0 saturated carbocycles. The van der Waals surface area contributed by atoms with Crippen molar-refractivity contribution < 1.29 is 4.79 Å². The molecule has 0 unspecified atom stereocenters. The fraction of sp³-hybridized carbons (Fsp3) is 0.500. The van der Waals surface area contributed by atoms with E-state index in [2.05, 4.69) is 10.2 Å². The van der Waals surface area contributed by atoms with Gasteiger partial charge in [0.2, 0.25) is 5.91 Å². The van der Waals surface area contributed by atoms with Gasteiger partial charge in [-0.2, -0.15) is 0 Å². The van der Waals surface area contributed by atoms with Gasteiger partial charge in [0, 0.05) is 23.7 Å². The van der Waals surface area contributed by atoms with Crippen molar-refractivity contribution in [2.75, 3.05) is 25.0 Å². The van der Waals surface area contributed by atoms with Crippen LogP contribution in [0, 0.1) is 0 Å². The zero-order valence-electron chi connectivity index (χ0n) is 10.5. The van der Waals surface area contributed by atoms with Gasteiger partial charge in [-0.15, -0.1) is 0 Å². The summed E-state index contributed by atoms with van der Waals surface area (Å²) in [6.07, 6.45) is 4.41. The Hall–Kier alpha value is -1.06. The van der Waals surface area contributed by atoms with E-state index in [1.807, 2.05) is 12.1 Å². The zero-order chi connectivity index (χ0) is 12.8. The number of rotatable bonds is 4. The van der Waals surface area contributed by atoms with Gasteiger partial charge in [-0.25, -0.2) is 0 Å². The first-order valence-electron chi connectivity index (χ1n) is 6.52. The monoisotopic (exact) mass is 266 g/mol. The maximum Gasteiger partial charge on any atom is 0.225 e. The van der Waals surface area contributed by atoms with Crippen molar-refractivity contribution in [1.82, 2.24) is 4.90 Å². The van der Waals surface area contributed by atoms with Gasteiger partial charge >= 0.3 is 0 Å². The van der Waals surface area contributed by atoms with Crippen molar-refractivity contribution in [3.63, 3.8) is 0 Å². The van der Waals surface area contributed by atoms with Gasteiger partial charge in [-0.05, 0) is 50.2 Å². The van der Waals surface area contributed by atoms with E-state index in [4.69, 9.17) is 11.6 Å². The lowest BCUT2D eigenvalue weighted by atomic mass is 10.1. The molecular formula is C14H19ClN2O. The van der Waals surface area contributed by atoms with E-state index in [-0.39, 0.29) is 5.91 Å². The quantitative estimate of drug-likeness (QED) is 0.908. The number of benzene rings is 1. The summed E-state index contributed by atoms with van der Waals surface area (Å²) in [5.41, 5.74) is 0.808. The van der Waals surface area contributed by atoms with Crippen LogP contribution in [-0.4, -0.2) is 30.4 Å². The second-order valence-corrected chi connectivity index (χ2v) is 5.14. The molecule has 1 fully saturated rings. The molecule has 3 nitrogen and oxygen atoms in total. The average molecular weight is 267 g/mol. The molecule has 0 aliphatic carbocycles. The van der Waals surface area contributed by atoms with Gasteiger partial charge in [0.15, 0.2) is 0 Å². The number of nitrogens with zero attached hydrogens (tertiary/aromatic N) is 1. The van der Waals surface area contributed by atoms with E-state index in [9.17, 15) is 4.79 Å². The van der Waals surface area contributed by atoms with Crippen molar-refractivity contribution in [2.45, 2.75) is 25.7 Å². The first-order valence-corrected chi connectivity index (χ1v) is 6.89. The second kappa shape index (κ2) is 6.76. The lowest BCUT2D eigenvalue weighted by Crippen LogP contribution is -2.32. The minimum absolute atomic E-state index is 0.0721. The highest BCUT2D eigenvalue weighted by Crippen LogP contribution is 2.14. The summed E-state index contributed by atoms with van der Waals surface area (Å²) < 4.78 is 0. The number of hydrogen-bond donors (Lipinski definition) is 1. The summed E-state index contributed by atoms with van der Waals surface area (Å²) in [6, 6.07) is 7.20. The lowest BCUT2D eigenvalue weighted by Gasteiger charge is -2.25. The number of likely N-dealkylation sites (tertiary alicyclic amines) is 1. The number of amides is 1. The molecule has 1 N–H and O–H groups in total. The minimum atomic E-state index is 0.0721. The van der Waals surface area contributed by atoms with Crippen molar-refractivity contribution in [3.05, 3.63) is 29.3 Å². The molecule has 2 rings (SSSR count). The topological polar surface area (TPSA) is 32.3 Å². The third-order valence-corrected chi connectivity index (χ3v) is 3.48. The predicted octanol–water partition coefficient (Wildman–Crippen LogP) is 3.15. The highest BCUT2D eigenvalue weighted by molar-refractivity contribution is 6.30. The van der Waals surface area contributed by atoms with Gasteiger partial charge in [0.25, 0.3) is 0 Å². The van der Waals surface area contributed by atoms with E-state index in [0.29, 0.717) is 11.4 Å². The summed E-state index contributed by atoms with van der Waals surface area (Å²) >= 11 is 5.79. The highest BCUT2D eigenvalue weighted by atomic mass is 35.5. The van der Waals surface area contributed by atoms with Gasteiger partial charge < -0.3 is 10.2 Å². The van der Waals surface area contributed by atoms with E-state index in [1.165, 1.54) is 19.3 Å². The standard InChI is InChI=1S/C14H19ClN2O/c15-12-4-6-13(7-5-12)16-14(18)8-11-17-9-2-1-3-10-17/h4-7H,1-3,8-11H2,(H,16,18). The van der Waals surface area contributed by atoms with Crippen LogP contribution in [0.25, 0.3) is 0 Å². The van der Waals surface area contributed by atoms with Gasteiger partial charge in [-0.1, -0.05) is 18.0 Å². The van der Waals surface area contributed by atoms with Crippen LogP contribution in [0.2, 0.25) is 5.02 Å². The molecule has 0 radical (unpaired) electrons. The van der Waals surface area contributed by atoms with Crippen molar-refractivity contribution in [3.8, 4) is 0 Å². The van der Waals surface area contributed by atoms with E-state index < -0.39 is 0 Å². The van der Waals surface area contributed by atoms with Crippen LogP contribution >= 0.6 is 11.6 Å². The normalized spacial score (nSPS) is 16.5. The maximum atomic E-state index is 11.8. The Balaban J connectivity index is 1.73. The SMILES string of the molecule is O=C(CCN1CCCCC1)Nc1ccc(Cl)cc1. The second-order valence-electron chi connectivity index (χ2n) is 4.71. The molecule has 0 aromatic heterocycles. The smallest absolute Gasteiger partial charge is 0.225 e. The van der Waals surface area contributed by atoms with Crippen LogP contribution in [0.4, 0.5) is 5.69 Å². The van der Waals surface area contributed by atoms with Crippen molar-refractivity contribution in [2.24, 2.45) is 0 Å². The molecule has 1 amide bonds. The largest absolute Gasteiger partial charge is 0.326 e. The Labute approximate surface area is 113 Å². The molecule has 0 atom stereocenters. The Morgan fingerprint density at radius 1 is 1.17 bits per heavy atom. The highest BCUT2D eigenvalue weighted by Gasteiger charge is 2.11. The van der Waals surface area contributed by atoms with Crippen LogP contribution in [0.1, 0.15) is 25.7 Å². The van der Waals surface area contributed by atoms with Crippen LogP contribution in [0.5, 0.6) is 0 Å². The maximum absolute atomic E-state index is 11.8.